The Balaban J connectivity index is 1.78. The fourth-order valence-corrected chi connectivity index (χ4v) is 2.41. The van der Waals surface area contributed by atoms with Gasteiger partial charge in [-0.05, 0) is 42.4 Å². The van der Waals surface area contributed by atoms with Crippen LogP contribution in [-0.4, -0.2) is 26.4 Å². The average molecular weight is 291 g/mol. The van der Waals surface area contributed by atoms with Gasteiger partial charge in [-0.1, -0.05) is 26.0 Å². The van der Waals surface area contributed by atoms with Gasteiger partial charge in [-0.25, -0.2) is 0 Å². The summed E-state index contributed by atoms with van der Waals surface area (Å²) in [7, 11) is 1.60. The van der Waals surface area contributed by atoms with Gasteiger partial charge in [0.25, 0.3) is 0 Å². The maximum absolute atomic E-state index is 12.0. The van der Waals surface area contributed by atoms with E-state index in [4.69, 9.17) is 9.47 Å². The van der Waals surface area contributed by atoms with E-state index in [1.807, 2.05) is 24.3 Å². The first-order valence-electron chi connectivity index (χ1n) is 7.61. The molecule has 0 saturated heterocycles. The van der Waals surface area contributed by atoms with Crippen LogP contribution < -0.4 is 10.1 Å². The Bertz CT molecular complexity index is 456. The number of carbonyl (C=O) groups is 1. The third-order valence-electron chi connectivity index (χ3n) is 3.80. The number of carbonyl (C=O) groups excluding carboxylic acids is 1. The van der Waals surface area contributed by atoms with Gasteiger partial charge in [0, 0.05) is 19.6 Å². The SMILES string of the molecule is COCOc1ccc(C2CC2C(=O)NCCC(C)C)cc1. The number of ether oxygens (including phenoxy) is 2. The molecule has 1 aromatic rings. The molecular formula is C17H25NO3. The van der Waals surface area contributed by atoms with Gasteiger partial charge in [0.2, 0.25) is 5.91 Å². The monoisotopic (exact) mass is 291 g/mol. The molecule has 2 unspecified atom stereocenters. The molecule has 1 aromatic carbocycles. The lowest BCUT2D eigenvalue weighted by Crippen LogP contribution is -2.27. The highest BCUT2D eigenvalue weighted by molar-refractivity contribution is 5.82. The maximum atomic E-state index is 12.0. The first kappa shape index (κ1) is 15.8. The van der Waals surface area contributed by atoms with Crippen molar-refractivity contribution in [3.63, 3.8) is 0 Å². The van der Waals surface area contributed by atoms with Crippen molar-refractivity contribution in [3.8, 4) is 5.75 Å². The van der Waals surface area contributed by atoms with E-state index in [0.29, 0.717) is 11.8 Å². The first-order chi connectivity index (χ1) is 10.1. The fraction of sp³-hybridized carbons (Fsp3) is 0.588. The third-order valence-corrected chi connectivity index (χ3v) is 3.80. The molecule has 0 aromatic heterocycles. The zero-order valence-corrected chi connectivity index (χ0v) is 13.1. The smallest absolute Gasteiger partial charge is 0.223 e. The summed E-state index contributed by atoms with van der Waals surface area (Å²) in [5, 5.41) is 3.03. The van der Waals surface area contributed by atoms with Crippen LogP contribution in [-0.2, 0) is 9.53 Å². The van der Waals surface area contributed by atoms with Crippen molar-refractivity contribution in [1.29, 1.82) is 0 Å². The number of amides is 1. The summed E-state index contributed by atoms with van der Waals surface area (Å²) in [6, 6.07) is 7.94. The van der Waals surface area contributed by atoms with Gasteiger partial charge in [-0.15, -0.1) is 0 Å². The fourth-order valence-electron chi connectivity index (χ4n) is 2.41. The van der Waals surface area contributed by atoms with E-state index in [1.54, 1.807) is 7.11 Å². The summed E-state index contributed by atoms with van der Waals surface area (Å²) in [4.78, 5) is 12.0. The lowest BCUT2D eigenvalue weighted by atomic mass is 10.1. The van der Waals surface area contributed by atoms with Crippen molar-refractivity contribution < 1.29 is 14.3 Å². The van der Waals surface area contributed by atoms with Crippen molar-refractivity contribution in [2.45, 2.75) is 32.6 Å². The molecule has 1 N–H and O–H groups in total. The van der Waals surface area contributed by atoms with Gasteiger partial charge >= 0.3 is 0 Å². The van der Waals surface area contributed by atoms with Gasteiger partial charge in [0.15, 0.2) is 6.79 Å². The Labute approximate surface area is 126 Å². The number of methoxy groups -OCH3 is 1. The summed E-state index contributed by atoms with van der Waals surface area (Å²) < 4.78 is 10.2. The van der Waals surface area contributed by atoms with E-state index in [-0.39, 0.29) is 18.6 Å². The van der Waals surface area contributed by atoms with Crippen LogP contribution in [0.15, 0.2) is 24.3 Å². The zero-order valence-electron chi connectivity index (χ0n) is 13.1. The van der Waals surface area contributed by atoms with Crippen molar-refractivity contribution >= 4 is 5.91 Å². The van der Waals surface area contributed by atoms with Crippen molar-refractivity contribution in [1.82, 2.24) is 5.32 Å². The van der Waals surface area contributed by atoms with Crippen molar-refractivity contribution in [2.24, 2.45) is 11.8 Å². The molecule has 1 fully saturated rings. The van der Waals surface area contributed by atoms with Gasteiger partial charge in [-0.2, -0.15) is 0 Å². The van der Waals surface area contributed by atoms with Crippen LogP contribution in [0, 0.1) is 11.8 Å². The predicted octanol–water partition coefficient (Wildman–Crippen LogP) is 2.94. The lowest BCUT2D eigenvalue weighted by Gasteiger charge is -2.08. The van der Waals surface area contributed by atoms with Crippen molar-refractivity contribution in [3.05, 3.63) is 29.8 Å². The highest BCUT2D eigenvalue weighted by Gasteiger charge is 2.43. The van der Waals surface area contributed by atoms with Crippen LogP contribution >= 0.6 is 0 Å². The highest BCUT2D eigenvalue weighted by Crippen LogP contribution is 2.47. The molecule has 0 spiro atoms. The minimum atomic E-state index is 0.142. The Morgan fingerprint density at radius 2 is 2.05 bits per heavy atom. The Morgan fingerprint density at radius 1 is 1.33 bits per heavy atom. The van der Waals surface area contributed by atoms with Gasteiger partial charge in [-0.3, -0.25) is 4.79 Å². The Hall–Kier alpha value is -1.55. The summed E-state index contributed by atoms with van der Waals surface area (Å²) >= 11 is 0. The summed E-state index contributed by atoms with van der Waals surface area (Å²) in [6.45, 7) is 5.37. The topological polar surface area (TPSA) is 47.6 Å². The molecular weight excluding hydrogens is 266 g/mol. The van der Waals surface area contributed by atoms with E-state index >= 15 is 0 Å². The molecule has 0 heterocycles. The second kappa shape index (κ2) is 7.46. The summed E-state index contributed by atoms with van der Waals surface area (Å²) in [6.07, 6.45) is 1.99. The lowest BCUT2D eigenvalue weighted by molar-refractivity contribution is -0.122. The first-order valence-corrected chi connectivity index (χ1v) is 7.61. The predicted molar refractivity (Wildman–Crippen MR) is 82.3 cm³/mol. The molecule has 116 valence electrons. The molecule has 1 saturated carbocycles. The molecule has 1 amide bonds. The van der Waals surface area contributed by atoms with Crippen molar-refractivity contribution in [2.75, 3.05) is 20.4 Å². The molecule has 2 rings (SSSR count). The highest BCUT2D eigenvalue weighted by atomic mass is 16.7. The normalized spacial score (nSPS) is 20.4. The minimum Gasteiger partial charge on any atom is -0.468 e. The average Bonchev–Trinajstić information content (AvgIpc) is 3.25. The zero-order chi connectivity index (χ0) is 15.2. The Morgan fingerprint density at radius 3 is 2.67 bits per heavy atom. The molecule has 0 bridgehead atoms. The van der Waals surface area contributed by atoms with E-state index in [1.165, 1.54) is 5.56 Å². The molecule has 21 heavy (non-hydrogen) atoms. The number of hydrogen-bond acceptors (Lipinski definition) is 3. The van der Waals surface area contributed by atoms with Crippen LogP contribution in [0.5, 0.6) is 5.75 Å². The Kier molecular flexibility index (Phi) is 5.62. The van der Waals surface area contributed by atoms with Crippen LogP contribution in [0.25, 0.3) is 0 Å². The van der Waals surface area contributed by atoms with E-state index in [2.05, 4.69) is 19.2 Å². The second-order valence-corrected chi connectivity index (χ2v) is 6.04. The maximum Gasteiger partial charge on any atom is 0.223 e. The molecule has 4 heteroatoms. The van der Waals surface area contributed by atoms with Crippen LogP contribution in [0.2, 0.25) is 0 Å². The number of hydrogen-bond donors (Lipinski definition) is 1. The number of rotatable bonds is 8. The third kappa shape index (κ3) is 4.74. The summed E-state index contributed by atoms with van der Waals surface area (Å²) in [5.41, 5.74) is 1.21. The largest absolute Gasteiger partial charge is 0.468 e. The molecule has 0 radical (unpaired) electrons. The number of nitrogens with one attached hydrogen (secondary N) is 1. The quantitative estimate of drug-likeness (QED) is 0.749. The van der Waals surface area contributed by atoms with Gasteiger partial charge in [0.1, 0.15) is 5.75 Å². The second-order valence-electron chi connectivity index (χ2n) is 6.04. The van der Waals surface area contributed by atoms with E-state index < -0.39 is 0 Å². The molecule has 4 nitrogen and oxygen atoms in total. The standard InChI is InChI=1S/C17H25NO3/c1-12(2)8-9-18-17(19)16-10-15(16)13-4-6-14(7-5-13)21-11-20-3/h4-7,12,15-16H,8-11H2,1-3H3,(H,18,19). The van der Waals surface area contributed by atoms with Gasteiger partial charge < -0.3 is 14.8 Å². The van der Waals surface area contributed by atoms with Crippen LogP contribution in [0.4, 0.5) is 0 Å². The van der Waals surface area contributed by atoms with Gasteiger partial charge in [0.05, 0.1) is 0 Å². The summed E-state index contributed by atoms with van der Waals surface area (Å²) in [5.74, 6) is 2.11. The number of benzene rings is 1. The van der Waals surface area contributed by atoms with Crippen LogP contribution in [0.3, 0.4) is 0 Å². The molecule has 1 aliphatic carbocycles. The van der Waals surface area contributed by atoms with Crippen LogP contribution in [0.1, 0.15) is 38.2 Å². The molecule has 1 aliphatic rings. The van der Waals surface area contributed by atoms with E-state index in [0.717, 1.165) is 25.1 Å². The molecule has 2 atom stereocenters. The minimum absolute atomic E-state index is 0.142. The molecule has 0 aliphatic heterocycles. The van der Waals surface area contributed by atoms with E-state index in [9.17, 15) is 4.79 Å².